The minimum atomic E-state index is -0.575. The molecule has 0 aliphatic carbocycles. The number of ether oxygens (including phenoxy) is 1. The minimum absolute atomic E-state index is 0.0512. The molecule has 0 atom stereocenters. The molecule has 1 aromatic heterocycles. The normalized spacial score (nSPS) is 10.4. The molecule has 0 radical (unpaired) electrons. The highest BCUT2D eigenvalue weighted by Crippen LogP contribution is 2.39. The maximum atomic E-state index is 10.7. The van der Waals surface area contributed by atoms with E-state index in [0.29, 0.717) is 12.4 Å². The standard InChI is InChI=1S/C13H11Cl2N3O3/c1-16-7-8-3-2-4-17-13(8)21-12-10(14)5-9(18(19)20)6-11(12)15/h2-6,16H,7H2,1H3. The van der Waals surface area contributed by atoms with Gasteiger partial charge < -0.3 is 10.1 Å². The summed E-state index contributed by atoms with van der Waals surface area (Å²) in [5.74, 6) is 0.476. The van der Waals surface area contributed by atoms with Gasteiger partial charge in [-0.1, -0.05) is 29.3 Å². The van der Waals surface area contributed by atoms with Crippen molar-refractivity contribution >= 4 is 28.9 Å². The molecular formula is C13H11Cl2N3O3. The second-order valence-corrected chi connectivity index (χ2v) is 4.91. The van der Waals surface area contributed by atoms with Crippen LogP contribution in [-0.4, -0.2) is 17.0 Å². The van der Waals surface area contributed by atoms with Crippen LogP contribution in [0.15, 0.2) is 30.5 Å². The molecule has 1 heterocycles. The molecule has 0 saturated carbocycles. The van der Waals surface area contributed by atoms with Crippen molar-refractivity contribution in [2.45, 2.75) is 6.54 Å². The Balaban J connectivity index is 2.38. The molecule has 6 nitrogen and oxygen atoms in total. The summed E-state index contributed by atoms with van der Waals surface area (Å²) in [6.07, 6.45) is 1.57. The van der Waals surface area contributed by atoms with Gasteiger partial charge in [0, 0.05) is 30.4 Å². The van der Waals surface area contributed by atoms with Crippen molar-refractivity contribution in [1.29, 1.82) is 0 Å². The van der Waals surface area contributed by atoms with E-state index in [0.717, 1.165) is 5.56 Å². The summed E-state index contributed by atoms with van der Waals surface area (Å²) in [6.45, 7) is 0.547. The quantitative estimate of drug-likeness (QED) is 0.667. The number of hydrogen-bond acceptors (Lipinski definition) is 5. The first-order valence-electron chi connectivity index (χ1n) is 5.92. The molecule has 0 bridgehead atoms. The number of nitrogens with one attached hydrogen (secondary N) is 1. The number of nitrogens with zero attached hydrogens (tertiary/aromatic N) is 2. The summed E-state index contributed by atoms with van der Waals surface area (Å²) < 4.78 is 5.62. The summed E-state index contributed by atoms with van der Waals surface area (Å²) in [7, 11) is 1.79. The lowest BCUT2D eigenvalue weighted by molar-refractivity contribution is -0.384. The fourth-order valence-corrected chi connectivity index (χ4v) is 2.24. The maximum Gasteiger partial charge on any atom is 0.272 e. The Hall–Kier alpha value is -1.89. The van der Waals surface area contributed by atoms with Gasteiger partial charge in [-0.05, 0) is 13.1 Å². The first-order valence-corrected chi connectivity index (χ1v) is 6.68. The van der Waals surface area contributed by atoms with Gasteiger partial charge in [-0.25, -0.2) is 4.98 Å². The molecule has 0 amide bonds. The first-order chi connectivity index (χ1) is 10.0. The Kier molecular flexibility index (Phi) is 4.95. The van der Waals surface area contributed by atoms with Crippen LogP contribution in [0.4, 0.5) is 5.69 Å². The van der Waals surface area contributed by atoms with Crippen LogP contribution >= 0.6 is 23.2 Å². The Morgan fingerprint density at radius 3 is 2.62 bits per heavy atom. The molecular weight excluding hydrogens is 317 g/mol. The topological polar surface area (TPSA) is 77.3 Å². The van der Waals surface area contributed by atoms with E-state index >= 15 is 0 Å². The molecule has 21 heavy (non-hydrogen) atoms. The average molecular weight is 328 g/mol. The highest BCUT2D eigenvalue weighted by molar-refractivity contribution is 6.37. The van der Waals surface area contributed by atoms with Crippen molar-refractivity contribution in [2.75, 3.05) is 7.05 Å². The molecule has 0 fully saturated rings. The summed E-state index contributed by atoms with van der Waals surface area (Å²) in [5.41, 5.74) is 0.610. The lowest BCUT2D eigenvalue weighted by Gasteiger charge is -2.11. The van der Waals surface area contributed by atoms with Gasteiger partial charge in [-0.15, -0.1) is 0 Å². The Morgan fingerprint density at radius 2 is 2.05 bits per heavy atom. The van der Waals surface area contributed by atoms with Crippen LogP contribution in [0.25, 0.3) is 0 Å². The lowest BCUT2D eigenvalue weighted by atomic mass is 10.2. The second kappa shape index (κ2) is 6.71. The molecule has 110 valence electrons. The Morgan fingerprint density at radius 1 is 1.38 bits per heavy atom. The highest BCUT2D eigenvalue weighted by atomic mass is 35.5. The number of benzene rings is 1. The SMILES string of the molecule is CNCc1cccnc1Oc1c(Cl)cc([N+](=O)[O-])cc1Cl. The number of rotatable bonds is 5. The molecule has 0 aliphatic heterocycles. The van der Waals surface area contributed by atoms with Gasteiger partial charge in [0.1, 0.15) is 0 Å². The van der Waals surface area contributed by atoms with Crippen LogP contribution in [0.3, 0.4) is 0 Å². The van der Waals surface area contributed by atoms with E-state index in [-0.39, 0.29) is 21.5 Å². The largest absolute Gasteiger partial charge is 0.436 e. The van der Waals surface area contributed by atoms with Crippen molar-refractivity contribution in [3.63, 3.8) is 0 Å². The van der Waals surface area contributed by atoms with E-state index < -0.39 is 4.92 Å². The zero-order chi connectivity index (χ0) is 15.4. The van der Waals surface area contributed by atoms with Crippen LogP contribution in [-0.2, 0) is 6.54 Å². The third-order valence-electron chi connectivity index (χ3n) is 2.61. The number of pyridine rings is 1. The van der Waals surface area contributed by atoms with Crippen LogP contribution in [0.5, 0.6) is 11.6 Å². The van der Waals surface area contributed by atoms with Crippen molar-refractivity contribution in [3.8, 4) is 11.6 Å². The lowest BCUT2D eigenvalue weighted by Crippen LogP contribution is -2.07. The Labute approximate surface area is 130 Å². The fraction of sp³-hybridized carbons (Fsp3) is 0.154. The highest BCUT2D eigenvalue weighted by Gasteiger charge is 2.17. The molecule has 1 aromatic carbocycles. The molecule has 0 spiro atoms. The van der Waals surface area contributed by atoms with Gasteiger partial charge in [0.15, 0.2) is 5.75 Å². The predicted molar refractivity (Wildman–Crippen MR) is 80.2 cm³/mol. The van der Waals surface area contributed by atoms with Crippen LogP contribution in [0.1, 0.15) is 5.56 Å². The number of non-ortho nitro benzene ring substituents is 1. The summed E-state index contributed by atoms with van der Waals surface area (Å²) in [4.78, 5) is 14.3. The van der Waals surface area contributed by atoms with Crippen LogP contribution < -0.4 is 10.1 Å². The van der Waals surface area contributed by atoms with Crippen molar-refractivity contribution in [2.24, 2.45) is 0 Å². The first kappa shape index (κ1) is 15.5. The molecule has 0 saturated heterocycles. The van der Waals surface area contributed by atoms with E-state index in [1.807, 2.05) is 6.07 Å². The third-order valence-corrected chi connectivity index (χ3v) is 3.17. The molecule has 2 aromatic rings. The van der Waals surface area contributed by atoms with Gasteiger partial charge in [0.2, 0.25) is 5.88 Å². The van der Waals surface area contributed by atoms with E-state index in [1.165, 1.54) is 12.1 Å². The molecule has 8 heteroatoms. The smallest absolute Gasteiger partial charge is 0.272 e. The van der Waals surface area contributed by atoms with E-state index in [9.17, 15) is 10.1 Å². The summed E-state index contributed by atoms with van der Waals surface area (Å²) in [6, 6.07) is 5.98. The third kappa shape index (κ3) is 3.60. The predicted octanol–water partition coefficient (Wildman–Crippen LogP) is 3.81. The number of nitro groups is 1. The molecule has 0 aliphatic rings. The van der Waals surface area contributed by atoms with Crippen molar-refractivity contribution in [1.82, 2.24) is 10.3 Å². The molecule has 0 unspecified atom stereocenters. The monoisotopic (exact) mass is 327 g/mol. The number of hydrogen-bond donors (Lipinski definition) is 1. The van der Waals surface area contributed by atoms with E-state index in [1.54, 1.807) is 19.3 Å². The van der Waals surface area contributed by atoms with Crippen LogP contribution in [0.2, 0.25) is 10.0 Å². The summed E-state index contributed by atoms with van der Waals surface area (Å²) in [5, 5.41) is 13.8. The van der Waals surface area contributed by atoms with Gasteiger partial charge in [-0.2, -0.15) is 0 Å². The van der Waals surface area contributed by atoms with Gasteiger partial charge in [-0.3, -0.25) is 10.1 Å². The Bertz CT molecular complexity index is 656. The minimum Gasteiger partial charge on any atom is -0.436 e. The van der Waals surface area contributed by atoms with Gasteiger partial charge in [0.25, 0.3) is 5.69 Å². The zero-order valence-corrected chi connectivity index (χ0v) is 12.5. The van der Waals surface area contributed by atoms with Crippen LogP contribution in [0, 0.1) is 10.1 Å². The molecule has 1 N–H and O–H groups in total. The zero-order valence-electron chi connectivity index (χ0n) is 11.0. The van der Waals surface area contributed by atoms with Crippen molar-refractivity contribution in [3.05, 3.63) is 56.2 Å². The fourth-order valence-electron chi connectivity index (χ4n) is 1.69. The molecule has 2 rings (SSSR count). The van der Waals surface area contributed by atoms with Crippen molar-refractivity contribution < 1.29 is 9.66 Å². The van der Waals surface area contributed by atoms with Gasteiger partial charge in [0.05, 0.1) is 15.0 Å². The number of halogens is 2. The van der Waals surface area contributed by atoms with E-state index in [4.69, 9.17) is 27.9 Å². The summed E-state index contributed by atoms with van der Waals surface area (Å²) >= 11 is 12.0. The van der Waals surface area contributed by atoms with Gasteiger partial charge >= 0.3 is 0 Å². The second-order valence-electron chi connectivity index (χ2n) is 4.10. The maximum absolute atomic E-state index is 10.7. The number of nitro benzene ring substituents is 1. The average Bonchev–Trinajstić information content (AvgIpc) is 2.44. The van der Waals surface area contributed by atoms with E-state index in [2.05, 4.69) is 10.3 Å². The number of aromatic nitrogens is 1.